The summed E-state index contributed by atoms with van der Waals surface area (Å²) in [5.74, 6) is 0.964. The lowest BCUT2D eigenvalue weighted by molar-refractivity contribution is 0.0973. The second kappa shape index (κ2) is 8.23. The molecule has 0 amide bonds. The molecule has 2 heterocycles. The number of piperazine rings is 1. The largest absolute Gasteiger partial charge is 0.303 e. The highest BCUT2D eigenvalue weighted by molar-refractivity contribution is 4.78. The molecular formula is C16H33N3. The van der Waals surface area contributed by atoms with E-state index < -0.39 is 0 Å². The molecule has 0 aromatic rings. The highest BCUT2D eigenvalue weighted by Crippen LogP contribution is 2.19. The Kier molecular flexibility index (Phi) is 6.62. The zero-order valence-corrected chi connectivity index (χ0v) is 13.1. The molecular weight excluding hydrogens is 234 g/mol. The Morgan fingerprint density at radius 1 is 0.789 bits per heavy atom. The van der Waals surface area contributed by atoms with Gasteiger partial charge in [-0.2, -0.15) is 0 Å². The van der Waals surface area contributed by atoms with Crippen LogP contribution in [0.25, 0.3) is 0 Å². The van der Waals surface area contributed by atoms with E-state index in [0.717, 1.165) is 5.92 Å². The summed E-state index contributed by atoms with van der Waals surface area (Å²) in [7, 11) is 0. The highest BCUT2D eigenvalue weighted by atomic mass is 15.3. The van der Waals surface area contributed by atoms with Gasteiger partial charge in [-0.3, -0.25) is 0 Å². The summed E-state index contributed by atoms with van der Waals surface area (Å²) in [6.45, 7) is 16.3. The fourth-order valence-electron chi connectivity index (χ4n) is 3.43. The van der Waals surface area contributed by atoms with Crippen LogP contribution in [0.3, 0.4) is 0 Å². The van der Waals surface area contributed by atoms with E-state index in [-0.39, 0.29) is 0 Å². The number of likely N-dealkylation sites (tertiary alicyclic amines) is 1. The second-order valence-electron chi connectivity index (χ2n) is 6.37. The van der Waals surface area contributed by atoms with E-state index >= 15 is 0 Å². The lowest BCUT2D eigenvalue weighted by atomic mass is 9.95. The van der Waals surface area contributed by atoms with Gasteiger partial charge in [0.1, 0.15) is 0 Å². The van der Waals surface area contributed by atoms with E-state index in [1.807, 2.05) is 0 Å². The van der Waals surface area contributed by atoms with Gasteiger partial charge in [-0.25, -0.2) is 0 Å². The molecule has 19 heavy (non-hydrogen) atoms. The lowest BCUT2D eigenvalue weighted by Crippen LogP contribution is -2.48. The van der Waals surface area contributed by atoms with Crippen molar-refractivity contribution in [1.82, 2.24) is 14.7 Å². The smallest absolute Gasteiger partial charge is 0.0110 e. The number of nitrogens with zero attached hydrogens (tertiary/aromatic N) is 3. The Labute approximate surface area is 119 Å². The van der Waals surface area contributed by atoms with Gasteiger partial charge >= 0.3 is 0 Å². The molecule has 2 saturated heterocycles. The van der Waals surface area contributed by atoms with E-state index in [1.54, 1.807) is 0 Å². The molecule has 0 aromatic carbocycles. The van der Waals surface area contributed by atoms with Gasteiger partial charge in [0.05, 0.1) is 0 Å². The van der Waals surface area contributed by atoms with Crippen molar-refractivity contribution in [1.29, 1.82) is 0 Å². The number of piperidine rings is 1. The molecule has 2 aliphatic heterocycles. The molecule has 0 spiro atoms. The van der Waals surface area contributed by atoms with Crippen LogP contribution in [0.5, 0.6) is 0 Å². The van der Waals surface area contributed by atoms with Gasteiger partial charge in [-0.1, -0.05) is 20.3 Å². The van der Waals surface area contributed by atoms with Crippen molar-refractivity contribution >= 4 is 0 Å². The number of unbranched alkanes of at least 4 members (excludes halogenated alkanes) is 1. The van der Waals surface area contributed by atoms with Gasteiger partial charge in [0.25, 0.3) is 0 Å². The summed E-state index contributed by atoms with van der Waals surface area (Å²) in [6, 6.07) is 0. The van der Waals surface area contributed by atoms with Crippen molar-refractivity contribution in [3.8, 4) is 0 Å². The average molecular weight is 267 g/mol. The van der Waals surface area contributed by atoms with Gasteiger partial charge in [-0.05, 0) is 51.4 Å². The molecule has 112 valence electrons. The first kappa shape index (κ1) is 15.3. The van der Waals surface area contributed by atoms with Crippen LogP contribution in [0.15, 0.2) is 0 Å². The van der Waals surface area contributed by atoms with Crippen LogP contribution in [-0.2, 0) is 0 Å². The van der Waals surface area contributed by atoms with E-state index in [0.29, 0.717) is 0 Å². The van der Waals surface area contributed by atoms with Crippen LogP contribution in [0, 0.1) is 5.92 Å². The van der Waals surface area contributed by atoms with Gasteiger partial charge < -0.3 is 14.7 Å². The van der Waals surface area contributed by atoms with E-state index in [9.17, 15) is 0 Å². The average Bonchev–Trinajstić information content (AvgIpc) is 2.47. The number of rotatable bonds is 6. The molecule has 0 atom stereocenters. The van der Waals surface area contributed by atoms with E-state index in [2.05, 4.69) is 28.5 Å². The van der Waals surface area contributed by atoms with Crippen molar-refractivity contribution in [2.24, 2.45) is 5.92 Å². The minimum atomic E-state index is 0.964. The minimum absolute atomic E-state index is 0.964. The quantitative estimate of drug-likeness (QED) is 0.730. The third-order valence-corrected chi connectivity index (χ3v) is 4.96. The lowest BCUT2D eigenvalue weighted by Gasteiger charge is -2.38. The first-order valence-corrected chi connectivity index (χ1v) is 8.49. The molecule has 0 aromatic heterocycles. The maximum absolute atomic E-state index is 2.71. The molecule has 0 bridgehead atoms. The number of likely N-dealkylation sites (N-methyl/N-ethyl adjacent to an activating group) is 1. The predicted molar refractivity (Wildman–Crippen MR) is 82.6 cm³/mol. The van der Waals surface area contributed by atoms with Crippen molar-refractivity contribution in [3.05, 3.63) is 0 Å². The summed E-state index contributed by atoms with van der Waals surface area (Å²) in [4.78, 5) is 7.96. The molecule has 2 fully saturated rings. The van der Waals surface area contributed by atoms with Crippen LogP contribution in [-0.4, -0.2) is 73.6 Å². The Morgan fingerprint density at radius 3 is 2.00 bits per heavy atom. The summed E-state index contributed by atoms with van der Waals surface area (Å²) in [5, 5.41) is 0. The Balaban J connectivity index is 1.60. The maximum Gasteiger partial charge on any atom is 0.0110 e. The SMILES string of the molecule is CCCCN1CCC(CN2CCN(CC)CC2)CC1. The van der Waals surface area contributed by atoms with Crippen molar-refractivity contribution in [2.45, 2.75) is 39.5 Å². The van der Waals surface area contributed by atoms with Crippen LogP contribution < -0.4 is 0 Å². The number of hydrogen-bond donors (Lipinski definition) is 0. The van der Waals surface area contributed by atoms with Crippen molar-refractivity contribution in [3.63, 3.8) is 0 Å². The Bertz CT molecular complexity index is 228. The van der Waals surface area contributed by atoms with Crippen LogP contribution in [0.4, 0.5) is 0 Å². The fraction of sp³-hybridized carbons (Fsp3) is 1.00. The van der Waals surface area contributed by atoms with Crippen LogP contribution >= 0.6 is 0 Å². The standard InChI is InChI=1S/C16H33N3/c1-3-5-8-18-9-6-16(7-10-18)15-19-13-11-17(4-2)12-14-19/h16H,3-15H2,1-2H3. The third kappa shape index (κ3) is 5.05. The first-order valence-electron chi connectivity index (χ1n) is 8.49. The molecule has 0 radical (unpaired) electrons. The van der Waals surface area contributed by atoms with Crippen molar-refractivity contribution < 1.29 is 0 Å². The summed E-state index contributed by atoms with van der Waals surface area (Å²) in [5.41, 5.74) is 0. The summed E-state index contributed by atoms with van der Waals surface area (Å²) >= 11 is 0. The Hall–Kier alpha value is -0.120. The van der Waals surface area contributed by atoms with Crippen molar-refractivity contribution in [2.75, 3.05) is 58.9 Å². The Morgan fingerprint density at radius 2 is 1.42 bits per heavy atom. The van der Waals surface area contributed by atoms with E-state index in [1.165, 1.54) is 84.6 Å². The van der Waals surface area contributed by atoms with Crippen LogP contribution in [0.1, 0.15) is 39.5 Å². The van der Waals surface area contributed by atoms with Gasteiger partial charge in [0, 0.05) is 32.7 Å². The zero-order valence-electron chi connectivity index (χ0n) is 13.1. The highest BCUT2D eigenvalue weighted by Gasteiger charge is 2.23. The fourth-order valence-corrected chi connectivity index (χ4v) is 3.43. The normalized spacial score (nSPS) is 24.9. The van der Waals surface area contributed by atoms with E-state index in [4.69, 9.17) is 0 Å². The summed E-state index contributed by atoms with van der Waals surface area (Å²) in [6.07, 6.45) is 5.57. The molecule has 3 nitrogen and oxygen atoms in total. The van der Waals surface area contributed by atoms with Gasteiger partial charge in [0.2, 0.25) is 0 Å². The summed E-state index contributed by atoms with van der Waals surface area (Å²) < 4.78 is 0. The topological polar surface area (TPSA) is 9.72 Å². The first-order chi connectivity index (χ1) is 9.31. The molecule has 2 rings (SSSR count). The monoisotopic (exact) mass is 267 g/mol. The van der Waals surface area contributed by atoms with Crippen LogP contribution in [0.2, 0.25) is 0 Å². The maximum atomic E-state index is 2.71. The molecule has 0 saturated carbocycles. The third-order valence-electron chi connectivity index (χ3n) is 4.96. The van der Waals surface area contributed by atoms with Gasteiger partial charge in [0.15, 0.2) is 0 Å². The molecule has 0 N–H and O–H groups in total. The molecule has 0 aliphatic carbocycles. The predicted octanol–water partition coefficient (Wildman–Crippen LogP) is 2.14. The minimum Gasteiger partial charge on any atom is -0.303 e. The molecule has 3 heteroatoms. The van der Waals surface area contributed by atoms with Gasteiger partial charge in [-0.15, -0.1) is 0 Å². The second-order valence-corrected chi connectivity index (χ2v) is 6.37. The molecule has 0 unspecified atom stereocenters. The molecule has 2 aliphatic rings. The number of hydrogen-bond acceptors (Lipinski definition) is 3. The zero-order chi connectivity index (χ0) is 13.5.